The monoisotopic (exact) mass is 1410 g/mol. The van der Waals surface area contributed by atoms with Crippen molar-refractivity contribution < 1.29 is 72.8 Å². The van der Waals surface area contributed by atoms with Crippen LogP contribution < -0.4 is 0 Å². The van der Waals surface area contributed by atoms with E-state index >= 15 is 0 Å². The Morgan fingerprint density at radius 3 is 0.869 bits per heavy atom. The molecule has 4 N–H and O–H groups in total. The molecule has 0 unspecified atom stereocenters. The average Bonchev–Trinajstić information content (AvgIpc) is 1.62. The lowest BCUT2D eigenvalue weighted by molar-refractivity contribution is -0.384. The molecule has 584 valence electrons. The molecule has 0 radical (unpaired) electrons. The van der Waals surface area contributed by atoms with Gasteiger partial charge in [0, 0.05) is 25.7 Å². The van der Waals surface area contributed by atoms with Gasteiger partial charge in [-0.05, 0) is 25.7 Å². The highest BCUT2D eigenvalue weighted by molar-refractivity contribution is 5.71. The fourth-order valence-corrected chi connectivity index (χ4v) is 14.3. The summed E-state index contributed by atoms with van der Waals surface area (Å²) in [4.78, 5) is 56.2. The van der Waals surface area contributed by atoms with Gasteiger partial charge >= 0.3 is 23.9 Å². The first-order chi connectivity index (χ1) is 48.5. The highest BCUT2D eigenvalue weighted by atomic mass is 16.8. The zero-order chi connectivity index (χ0) is 71.8. The van der Waals surface area contributed by atoms with Crippen LogP contribution in [0.5, 0.6) is 0 Å². The van der Waals surface area contributed by atoms with Crippen LogP contribution in [0.4, 0.5) is 0 Å². The minimum absolute atomic E-state index is 0.00254. The molecule has 0 saturated carbocycles. The van der Waals surface area contributed by atoms with Crippen LogP contribution in [-0.4, -0.2) is 119 Å². The Morgan fingerprint density at radius 1 is 0.313 bits per heavy atom. The molecule has 2 rings (SSSR count). The van der Waals surface area contributed by atoms with Crippen molar-refractivity contribution in [2.45, 2.75) is 493 Å². The van der Waals surface area contributed by atoms with Gasteiger partial charge in [-0.1, -0.05) is 387 Å². The van der Waals surface area contributed by atoms with Gasteiger partial charge in [0.05, 0.1) is 6.61 Å². The predicted octanol–water partition coefficient (Wildman–Crippen LogP) is 21.9. The third kappa shape index (κ3) is 49.1. The van der Waals surface area contributed by atoms with Gasteiger partial charge in [0.15, 0.2) is 18.5 Å². The number of hydrogen-bond donors (Lipinski definition) is 4. The van der Waals surface area contributed by atoms with E-state index in [-0.39, 0.29) is 25.7 Å². The van der Waals surface area contributed by atoms with E-state index in [1.165, 1.54) is 263 Å². The van der Waals surface area contributed by atoms with Crippen LogP contribution in [0.1, 0.15) is 439 Å². The molecule has 99 heavy (non-hydrogen) atoms. The molecule has 15 heteroatoms. The largest absolute Gasteiger partial charge is 0.463 e. The van der Waals surface area contributed by atoms with Crippen LogP contribution in [0, 0.1) is 0 Å². The summed E-state index contributed by atoms with van der Waals surface area (Å²) >= 11 is 0. The first-order valence-electron chi connectivity index (χ1n) is 42.8. The predicted molar refractivity (Wildman–Crippen MR) is 402 cm³/mol. The summed E-state index contributed by atoms with van der Waals surface area (Å²) in [6.45, 7) is 7.06. The normalized spacial score (nSPS) is 20.8. The number of carbonyl (C=O) groups is 4. The van der Waals surface area contributed by atoms with Crippen molar-refractivity contribution in [1.82, 2.24) is 0 Å². The minimum atomic E-state index is -2.38. The molecule has 2 aliphatic rings. The number of hydrogen-bond acceptors (Lipinski definition) is 15. The average molecular weight is 1410 g/mol. The molecular formula is C84H158O15. The molecular weight excluding hydrogens is 1250 g/mol. The number of aliphatic hydroxyl groups excluding tert-OH is 4. The summed E-state index contributed by atoms with van der Waals surface area (Å²) in [5.74, 6) is -4.70. The van der Waals surface area contributed by atoms with Gasteiger partial charge in [-0.2, -0.15) is 0 Å². The molecule has 0 amide bonds. The number of unbranched alkanes of at least 4 members (excludes halogenated alkanes) is 56. The second kappa shape index (κ2) is 66.3. The maximum atomic E-state index is 14.4. The van der Waals surface area contributed by atoms with E-state index in [0.717, 1.165) is 96.3 Å². The van der Waals surface area contributed by atoms with Gasteiger partial charge in [0.1, 0.15) is 43.7 Å². The van der Waals surface area contributed by atoms with Gasteiger partial charge in [0.25, 0.3) is 0 Å². The van der Waals surface area contributed by atoms with Crippen LogP contribution in [0.15, 0.2) is 0 Å². The van der Waals surface area contributed by atoms with Gasteiger partial charge < -0.3 is 53.6 Å². The lowest BCUT2D eigenvalue weighted by Gasteiger charge is -2.43. The van der Waals surface area contributed by atoms with Crippen molar-refractivity contribution in [2.75, 3.05) is 19.8 Å². The molecule has 0 spiro atoms. The lowest BCUT2D eigenvalue weighted by atomic mass is 9.98. The summed E-state index contributed by atoms with van der Waals surface area (Å²) in [6, 6.07) is 0. The fourth-order valence-electron chi connectivity index (χ4n) is 14.3. The quantitative estimate of drug-likeness (QED) is 0.0253. The number of esters is 4. The van der Waals surface area contributed by atoms with Gasteiger partial charge in [0.2, 0.25) is 5.79 Å². The topological polar surface area (TPSA) is 214 Å². The summed E-state index contributed by atoms with van der Waals surface area (Å²) < 4.78 is 43.9. The van der Waals surface area contributed by atoms with Gasteiger partial charge in [-0.25, -0.2) is 0 Å². The Hall–Kier alpha value is -2.40. The second-order valence-corrected chi connectivity index (χ2v) is 30.3. The summed E-state index contributed by atoms with van der Waals surface area (Å²) in [5.41, 5.74) is 0. The Bertz CT molecular complexity index is 1830. The summed E-state index contributed by atoms with van der Waals surface area (Å²) in [7, 11) is 0. The molecule has 0 aromatic rings. The zero-order valence-electron chi connectivity index (χ0n) is 64.8. The highest BCUT2D eigenvalue weighted by Gasteiger charge is 2.64. The maximum Gasteiger partial charge on any atom is 0.306 e. The van der Waals surface area contributed by atoms with E-state index in [1.807, 2.05) is 0 Å². The van der Waals surface area contributed by atoms with Crippen molar-refractivity contribution in [3.8, 4) is 0 Å². The van der Waals surface area contributed by atoms with E-state index in [9.17, 15) is 39.6 Å². The molecule has 0 bridgehead atoms. The Balaban J connectivity index is 2.31. The molecule has 2 fully saturated rings. The van der Waals surface area contributed by atoms with Gasteiger partial charge in [-0.15, -0.1) is 0 Å². The standard InChI is InChI=1S/C84H158O15/c1-5-9-13-17-21-25-29-33-37-41-45-49-53-57-61-65-74(86)93-70-73-81(96-76(88)67-63-59-55-51-47-43-39-35-31-27-23-19-15-11-7-3)82(97-77(89)68-64-60-56-52-48-44-40-36-32-28-24-20-16-12-8-4)84(98-73,99-83-80(92)79(91)78(90)72(69-85)95-83)71-94-75(87)66-62-58-54-50-46-42-38-34-30-26-22-18-14-10-6-2/h72-73,78-83,85,90-92H,5-71H2,1-4H3/t72-,73-,78+,79+,80-,81-,82+,83-,84+/m1/s1. The molecule has 0 aromatic carbocycles. The van der Waals surface area contributed by atoms with E-state index in [4.69, 9.17) is 33.2 Å². The van der Waals surface area contributed by atoms with Gasteiger partial charge in [-0.3, -0.25) is 19.2 Å². The van der Waals surface area contributed by atoms with Crippen LogP contribution in [0.2, 0.25) is 0 Å². The second-order valence-electron chi connectivity index (χ2n) is 30.3. The minimum Gasteiger partial charge on any atom is -0.463 e. The number of ether oxygens (including phenoxy) is 7. The van der Waals surface area contributed by atoms with Crippen molar-refractivity contribution in [1.29, 1.82) is 0 Å². The summed E-state index contributed by atoms with van der Waals surface area (Å²) in [6.07, 6.45) is 57.3. The number of aliphatic hydroxyl groups is 4. The van der Waals surface area contributed by atoms with Crippen molar-refractivity contribution in [3.63, 3.8) is 0 Å². The van der Waals surface area contributed by atoms with Crippen LogP contribution in [-0.2, 0) is 52.3 Å². The Labute approximate surface area is 607 Å². The Kier molecular flexibility index (Phi) is 62.1. The molecule has 9 atom stereocenters. The van der Waals surface area contributed by atoms with E-state index in [2.05, 4.69) is 27.7 Å². The first kappa shape index (κ1) is 92.7. The molecule has 0 aromatic heterocycles. The van der Waals surface area contributed by atoms with E-state index < -0.39 is 98.5 Å². The molecule has 2 aliphatic heterocycles. The van der Waals surface area contributed by atoms with Crippen LogP contribution in [0.25, 0.3) is 0 Å². The zero-order valence-corrected chi connectivity index (χ0v) is 64.8. The maximum absolute atomic E-state index is 14.4. The van der Waals surface area contributed by atoms with Crippen molar-refractivity contribution in [3.05, 3.63) is 0 Å². The smallest absolute Gasteiger partial charge is 0.306 e. The lowest BCUT2D eigenvalue weighted by Crippen LogP contribution is -2.63. The third-order valence-corrected chi connectivity index (χ3v) is 20.9. The van der Waals surface area contributed by atoms with Crippen LogP contribution in [0.3, 0.4) is 0 Å². The molecule has 0 aliphatic carbocycles. The third-order valence-electron chi connectivity index (χ3n) is 20.9. The van der Waals surface area contributed by atoms with Crippen molar-refractivity contribution in [2.24, 2.45) is 0 Å². The van der Waals surface area contributed by atoms with E-state index in [0.29, 0.717) is 25.7 Å². The molecule has 15 nitrogen and oxygen atoms in total. The first-order valence-corrected chi connectivity index (χ1v) is 42.8. The number of rotatable bonds is 73. The van der Waals surface area contributed by atoms with Crippen LogP contribution >= 0.6 is 0 Å². The fraction of sp³-hybridized carbons (Fsp3) is 0.952. The molecule has 2 heterocycles. The number of carbonyl (C=O) groups excluding carboxylic acids is 4. The summed E-state index contributed by atoms with van der Waals surface area (Å²) in [5, 5.41) is 43.8. The Morgan fingerprint density at radius 2 is 0.576 bits per heavy atom. The SMILES string of the molecule is CCCCCCCCCCCCCCCCCC(=O)OC[C@H]1O[C@@](COC(=O)CCCCCCCCCCCCCCCCC)(O[C@H]2O[C@H](CO)[C@H](O)[C@H](O)[C@H]2O)[C@@H](OC(=O)CCCCCCCCCCCCCCCCC)[C@@H]1OC(=O)CCCCCCCCCCCCCCCCC. The van der Waals surface area contributed by atoms with E-state index in [1.54, 1.807) is 0 Å². The van der Waals surface area contributed by atoms with Crippen molar-refractivity contribution >= 4 is 23.9 Å². The highest BCUT2D eigenvalue weighted by Crippen LogP contribution is 2.41. The molecule has 2 saturated heterocycles.